The summed E-state index contributed by atoms with van der Waals surface area (Å²) in [5.74, 6) is 1.63. The van der Waals surface area contributed by atoms with Gasteiger partial charge < -0.3 is 4.42 Å². The second kappa shape index (κ2) is 6.85. The molecule has 0 unspecified atom stereocenters. The van der Waals surface area contributed by atoms with Crippen LogP contribution < -0.4 is 0 Å². The molecular formula is C22H24N2O. The number of nitrogens with zero attached hydrogens (tertiary/aromatic N) is 2. The second-order valence-electron chi connectivity index (χ2n) is 6.91. The Balaban J connectivity index is 1.56. The first-order valence-electron chi connectivity index (χ1n) is 9.02. The largest absolute Gasteiger partial charge is 0.441 e. The summed E-state index contributed by atoms with van der Waals surface area (Å²) in [6, 6.07) is 19.4. The van der Waals surface area contributed by atoms with Crippen molar-refractivity contribution in [1.82, 2.24) is 9.88 Å². The number of rotatable bonds is 4. The van der Waals surface area contributed by atoms with Crippen LogP contribution in [0.1, 0.15) is 41.5 Å². The van der Waals surface area contributed by atoms with Gasteiger partial charge in [-0.1, -0.05) is 42.5 Å². The molecule has 2 aromatic carbocycles. The van der Waals surface area contributed by atoms with E-state index in [0.717, 1.165) is 23.6 Å². The van der Waals surface area contributed by atoms with Gasteiger partial charge >= 0.3 is 0 Å². The number of aromatic nitrogens is 1. The maximum atomic E-state index is 5.92. The van der Waals surface area contributed by atoms with Crippen LogP contribution in [0.15, 0.2) is 59.0 Å². The number of benzene rings is 2. The van der Waals surface area contributed by atoms with Gasteiger partial charge in [0.15, 0.2) is 0 Å². The molecule has 4 rings (SSSR count). The van der Waals surface area contributed by atoms with Crippen LogP contribution >= 0.6 is 0 Å². The van der Waals surface area contributed by atoms with Gasteiger partial charge in [0.05, 0.1) is 5.69 Å². The average Bonchev–Trinajstić information content (AvgIpc) is 3.02. The summed E-state index contributed by atoms with van der Waals surface area (Å²) >= 11 is 0. The second-order valence-corrected chi connectivity index (χ2v) is 6.91. The van der Waals surface area contributed by atoms with Gasteiger partial charge in [-0.2, -0.15) is 0 Å². The molecule has 128 valence electrons. The zero-order valence-corrected chi connectivity index (χ0v) is 14.9. The van der Waals surface area contributed by atoms with Crippen molar-refractivity contribution in [2.75, 3.05) is 7.05 Å². The summed E-state index contributed by atoms with van der Waals surface area (Å²) in [6.45, 7) is 2.82. The lowest BCUT2D eigenvalue weighted by molar-refractivity contribution is 0.210. The molecule has 0 aliphatic heterocycles. The van der Waals surface area contributed by atoms with Gasteiger partial charge in [-0.25, -0.2) is 4.98 Å². The van der Waals surface area contributed by atoms with Crippen molar-refractivity contribution >= 4 is 0 Å². The number of aryl methyl sites for hydroxylation is 2. The Bertz CT molecular complexity index is 853. The van der Waals surface area contributed by atoms with Gasteiger partial charge in [0.25, 0.3) is 0 Å². The normalized spacial score (nSPS) is 16.8. The highest BCUT2D eigenvalue weighted by atomic mass is 16.4. The summed E-state index contributed by atoms with van der Waals surface area (Å²) in [7, 11) is 2.20. The Morgan fingerprint density at radius 1 is 1.08 bits per heavy atom. The van der Waals surface area contributed by atoms with Gasteiger partial charge in [0.2, 0.25) is 5.89 Å². The first kappa shape index (κ1) is 16.1. The van der Waals surface area contributed by atoms with Crippen molar-refractivity contribution in [2.24, 2.45) is 0 Å². The molecule has 0 saturated carbocycles. The first-order chi connectivity index (χ1) is 12.2. The van der Waals surface area contributed by atoms with E-state index in [2.05, 4.69) is 36.2 Å². The molecule has 1 aliphatic rings. The quantitative estimate of drug-likeness (QED) is 0.661. The van der Waals surface area contributed by atoms with Crippen molar-refractivity contribution < 1.29 is 4.42 Å². The lowest BCUT2D eigenvalue weighted by Crippen LogP contribution is -2.27. The monoisotopic (exact) mass is 332 g/mol. The SMILES string of the molecule is Cc1oc(-c2ccccc2)nc1CN(C)[C@@H]1CCCc2ccccc21. The summed E-state index contributed by atoms with van der Waals surface area (Å²) in [6.07, 6.45) is 3.65. The zero-order valence-electron chi connectivity index (χ0n) is 14.9. The van der Waals surface area contributed by atoms with E-state index >= 15 is 0 Å². The maximum absolute atomic E-state index is 5.92. The summed E-state index contributed by atoms with van der Waals surface area (Å²) in [5.41, 5.74) is 5.03. The Morgan fingerprint density at radius 3 is 2.68 bits per heavy atom. The predicted octanol–water partition coefficient (Wildman–Crippen LogP) is 5.16. The van der Waals surface area contributed by atoms with Crippen molar-refractivity contribution in [3.05, 3.63) is 77.2 Å². The van der Waals surface area contributed by atoms with Gasteiger partial charge in [0.1, 0.15) is 5.76 Å². The molecule has 1 heterocycles. The standard InChI is InChI=1S/C22H24N2O/c1-16-20(23-22(25-16)18-10-4-3-5-11-18)15-24(2)21-14-8-12-17-9-6-7-13-19(17)21/h3-7,9-11,13,21H,8,12,14-15H2,1-2H3/t21-/m1/s1. The lowest BCUT2D eigenvalue weighted by atomic mass is 9.87. The van der Waals surface area contributed by atoms with Crippen molar-refractivity contribution in [3.8, 4) is 11.5 Å². The zero-order chi connectivity index (χ0) is 17.2. The molecule has 0 saturated heterocycles. The third-order valence-electron chi connectivity index (χ3n) is 5.18. The fourth-order valence-electron chi connectivity index (χ4n) is 3.81. The molecule has 0 N–H and O–H groups in total. The van der Waals surface area contributed by atoms with Crippen LogP contribution in [0.3, 0.4) is 0 Å². The number of fused-ring (bicyclic) bond motifs is 1. The van der Waals surface area contributed by atoms with Gasteiger partial charge in [-0.3, -0.25) is 4.90 Å². The Kier molecular flexibility index (Phi) is 4.41. The molecule has 0 radical (unpaired) electrons. The van der Waals surface area contributed by atoms with Crippen LogP contribution in [0.5, 0.6) is 0 Å². The molecule has 25 heavy (non-hydrogen) atoms. The van der Waals surface area contributed by atoms with Crippen molar-refractivity contribution in [2.45, 2.75) is 38.8 Å². The average molecular weight is 332 g/mol. The van der Waals surface area contributed by atoms with Crippen LogP contribution in [0, 0.1) is 6.92 Å². The summed E-state index contributed by atoms with van der Waals surface area (Å²) in [4.78, 5) is 7.18. The Hall–Kier alpha value is -2.39. The van der Waals surface area contributed by atoms with E-state index in [1.54, 1.807) is 0 Å². The van der Waals surface area contributed by atoms with Crippen LogP contribution in [0.2, 0.25) is 0 Å². The Labute approximate surface area is 149 Å². The van der Waals surface area contributed by atoms with E-state index in [9.17, 15) is 0 Å². The minimum absolute atomic E-state index is 0.459. The summed E-state index contributed by atoms with van der Waals surface area (Å²) in [5, 5.41) is 0. The fourth-order valence-corrected chi connectivity index (χ4v) is 3.81. The van der Waals surface area contributed by atoms with E-state index in [1.807, 2.05) is 37.3 Å². The highest BCUT2D eigenvalue weighted by Gasteiger charge is 2.24. The van der Waals surface area contributed by atoms with E-state index in [0.29, 0.717) is 11.9 Å². The predicted molar refractivity (Wildman–Crippen MR) is 100 cm³/mol. The smallest absolute Gasteiger partial charge is 0.226 e. The Morgan fingerprint density at radius 2 is 1.84 bits per heavy atom. The van der Waals surface area contributed by atoms with E-state index in [4.69, 9.17) is 9.40 Å². The molecule has 0 amide bonds. The molecule has 1 aliphatic carbocycles. The summed E-state index contributed by atoms with van der Waals surface area (Å²) < 4.78 is 5.92. The van der Waals surface area contributed by atoms with E-state index in [-0.39, 0.29) is 0 Å². The van der Waals surface area contributed by atoms with E-state index < -0.39 is 0 Å². The van der Waals surface area contributed by atoms with Gasteiger partial charge in [0, 0.05) is 18.2 Å². The first-order valence-corrected chi connectivity index (χ1v) is 9.02. The van der Waals surface area contributed by atoms with Crippen molar-refractivity contribution in [3.63, 3.8) is 0 Å². The fraction of sp³-hybridized carbons (Fsp3) is 0.318. The van der Waals surface area contributed by atoms with Crippen LogP contribution in [0.4, 0.5) is 0 Å². The molecule has 3 heteroatoms. The lowest BCUT2D eigenvalue weighted by Gasteiger charge is -2.33. The van der Waals surface area contributed by atoms with Gasteiger partial charge in [-0.15, -0.1) is 0 Å². The van der Waals surface area contributed by atoms with Gasteiger partial charge in [-0.05, 0) is 56.5 Å². The molecule has 1 atom stereocenters. The number of hydrogen-bond donors (Lipinski definition) is 0. The van der Waals surface area contributed by atoms with E-state index in [1.165, 1.54) is 30.4 Å². The topological polar surface area (TPSA) is 29.3 Å². The maximum Gasteiger partial charge on any atom is 0.226 e. The molecule has 0 bridgehead atoms. The molecule has 0 fully saturated rings. The number of oxazole rings is 1. The molecule has 3 aromatic rings. The highest BCUT2D eigenvalue weighted by Crippen LogP contribution is 2.34. The highest BCUT2D eigenvalue weighted by molar-refractivity contribution is 5.53. The molecule has 3 nitrogen and oxygen atoms in total. The molecular weight excluding hydrogens is 308 g/mol. The van der Waals surface area contributed by atoms with Crippen LogP contribution in [-0.2, 0) is 13.0 Å². The van der Waals surface area contributed by atoms with Crippen LogP contribution in [0.25, 0.3) is 11.5 Å². The van der Waals surface area contributed by atoms with Crippen LogP contribution in [-0.4, -0.2) is 16.9 Å². The minimum atomic E-state index is 0.459. The third-order valence-corrected chi connectivity index (χ3v) is 5.18. The molecule has 0 spiro atoms. The minimum Gasteiger partial charge on any atom is -0.441 e. The number of hydrogen-bond acceptors (Lipinski definition) is 3. The van der Waals surface area contributed by atoms with Crippen molar-refractivity contribution in [1.29, 1.82) is 0 Å². The third kappa shape index (κ3) is 3.24. The molecule has 1 aromatic heterocycles.